The molecule has 18 heteroatoms. The van der Waals surface area contributed by atoms with Gasteiger partial charge in [0.25, 0.3) is 20.1 Å². The van der Waals surface area contributed by atoms with Crippen LogP contribution in [-0.2, 0) is 20.1 Å². The minimum absolute atomic E-state index is 0.00919. The molecule has 0 radical (unpaired) electrons. The molecule has 54 heavy (non-hydrogen) atoms. The zero-order chi connectivity index (χ0) is 38.8. The first kappa shape index (κ1) is 37.0. The topological polar surface area (TPSA) is 273 Å². The predicted molar refractivity (Wildman–Crippen MR) is 207 cm³/mol. The van der Waals surface area contributed by atoms with Crippen LogP contribution in [0.5, 0.6) is 5.75 Å². The third kappa shape index (κ3) is 8.15. The fourth-order valence-electron chi connectivity index (χ4n) is 5.21. The van der Waals surface area contributed by atoms with Gasteiger partial charge in [-0.05, 0) is 116 Å². The number of anilines is 4. The quantitative estimate of drug-likeness (QED) is 0.0440. The maximum atomic E-state index is 13.1. The molecule has 0 saturated heterocycles. The van der Waals surface area contributed by atoms with Crippen LogP contribution < -0.4 is 21.9 Å². The molecule has 0 fully saturated rings. The van der Waals surface area contributed by atoms with Gasteiger partial charge in [-0.25, -0.2) is 8.42 Å². The summed E-state index contributed by atoms with van der Waals surface area (Å²) in [6, 6.07) is 26.0. The third-order valence-electron chi connectivity index (χ3n) is 7.97. The zero-order valence-electron chi connectivity index (χ0n) is 28.6. The fraction of sp³-hybridized carbons (Fsp3) is 0.0556. The minimum atomic E-state index is -4.92. The Balaban J connectivity index is 1.24. The lowest BCUT2D eigenvalue weighted by atomic mass is 10.0. The first-order valence-electron chi connectivity index (χ1n) is 15.8. The summed E-state index contributed by atoms with van der Waals surface area (Å²) >= 11 is 0. The zero-order valence-corrected chi connectivity index (χ0v) is 30.2. The van der Waals surface area contributed by atoms with E-state index in [-0.39, 0.29) is 38.4 Å². The van der Waals surface area contributed by atoms with Crippen LogP contribution in [0, 0.1) is 13.8 Å². The summed E-state index contributed by atoms with van der Waals surface area (Å²) < 4.78 is 63.5. The molecule has 0 aliphatic heterocycles. The number of azo groups is 3. The number of hydrogen-bond donors (Lipinski definition) is 6. The summed E-state index contributed by atoms with van der Waals surface area (Å²) in [5.41, 5.74) is 21.8. The lowest BCUT2D eigenvalue weighted by Gasteiger charge is -2.13. The van der Waals surface area contributed by atoms with Gasteiger partial charge >= 0.3 is 0 Å². The molecule has 274 valence electrons. The molecule has 16 nitrogen and oxygen atoms in total. The third-order valence-corrected chi connectivity index (χ3v) is 10.2. The number of phenols is 1. The smallest absolute Gasteiger partial charge is 0.296 e. The second-order valence-electron chi connectivity index (χ2n) is 12.0. The summed E-state index contributed by atoms with van der Waals surface area (Å²) in [5.74, 6) is -0.682. The number of hydrogen-bond acceptors (Lipinski definition) is 14. The predicted octanol–water partition coefficient (Wildman–Crippen LogP) is 9.20. The van der Waals surface area contributed by atoms with Gasteiger partial charge in [-0.2, -0.15) is 23.8 Å². The Hall–Kier alpha value is -6.76. The normalized spacial score (nSPS) is 12.4. The summed E-state index contributed by atoms with van der Waals surface area (Å²) in [6.45, 7) is 3.62. The van der Waals surface area contributed by atoms with Crippen molar-refractivity contribution in [3.8, 4) is 5.75 Å². The molecule has 0 bridgehead atoms. The molecule has 0 aromatic heterocycles. The van der Waals surface area contributed by atoms with Crippen LogP contribution in [0.1, 0.15) is 11.1 Å². The number of phenolic OH excluding ortho intramolecular Hbond substituents is 1. The minimum Gasteiger partial charge on any atom is -0.505 e. The van der Waals surface area contributed by atoms with Gasteiger partial charge in [-0.3, -0.25) is 9.27 Å². The molecule has 6 rings (SSSR count). The summed E-state index contributed by atoms with van der Waals surface area (Å²) in [5, 5.41) is 36.1. The highest BCUT2D eigenvalue weighted by atomic mass is 32.2. The Morgan fingerprint density at radius 1 is 0.630 bits per heavy atom. The lowest BCUT2D eigenvalue weighted by molar-refractivity contribution is 0.472. The van der Waals surface area contributed by atoms with Gasteiger partial charge in [0, 0.05) is 11.4 Å². The standard InChI is InChI=1S/C36H32N10O6S2/c1-20-3-6-24(7-4-20)41-44-34-21(2)17-22-18-31(54(50,51)52)35(36(47)32(22)33(34)39)45-42-26-12-14-28(15-13-26)53(48,49)46-27-10-8-25(9-11-27)40-43-30-16-5-23(37)19-29(30)38/h3-19,46-47H,37-39H2,1-2H3,(H,50,51,52). The first-order chi connectivity index (χ1) is 25.6. The van der Waals surface area contributed by atoms with Crippen molar-refractivity contribution in [1.29, 1.82) is 0 Å². The highest BCUT2D eigenvalue weighted by Crippen LogP contribution is 2.47. The molecule has 9 N–H and O–H groups in total. The molecule has 6 aromatic rings. The number of aryl methyl sites for hydroxylation is 2. The van der Waals surface area contributed by atoms with E-state index in [1.165, 1.54) is 42.5 Å². The van der Waals surface area contributed by atoms with Crippen molar-refractivity contribution < 1.29 is 26.5 Å². The molecule has 6 aromatic carbocycles. The molecule has 0 saturated carbocycles. The van der Waals surface area contributed by atoms with Gasteiger partial charge in [0.15, 0.2) is 5.75 Å². The van der Waals surface area contributed by atoms with Crippen LogP contribution in [0.25, 0.3) is 10.8 Å². The molecule has 0 heterocycles. The maximum absolute atomic E-state index is 13.1. The fourth-order valence-corrected chi connectivity index (χ4v) is 6.93. The van der Waals surface area contributed by atoms with E-state index < -0.39 is 36.5 Å². The van der Waals surface area contributed by atoms with Crippen molar-refractivity contribution in [2.24, 2.45) is 30.7 Å². The van der Waals surface area contributed by atoms with Gasteiger partial charge < -0.3 is 22.3 Å². The van der Waals surface area contributed by atoms with E-state index in [1.54, 1.807) is 49.4 Å². The first-order valence-corrected chi connectivity index (χ1v) is 18.8. The number of rotatable bonds is 10. The Labute approximate surface area is 309 Å². The Bertz CT molecular complexity index is 2720. The van der Waals surface area contributed by atoms with Crippen LogP contribution in [-0.4, -0.2) is 26.5 Å². The van der Waals surface area contributed by atoms with Crippen LogP contribution in [0.3, 0.4) is 0 Å². The molecule has 0 aliphatic carbocycles. The number of nitrogen functional groups attached to an aromatic ring is 3. The Morgan fingerprint density at radius 2 is 1.19 bits per heavy atom. The van der Waals surface area contributed by atoms with Gasteiger partial charge in [0.2, 0.25) is 0 Å². The summed E-state index contributed by atoms with van der Waals surface area (Å²) in [6.07, 6.45) is 0. The van der Waals surface area contributed by atoms with Gasteiger partial charge in [-0.1, -0.05) is 17.7 Å². The molecule has 0 amide bonds. The summed E-state index contributed by atoms with van der Waals surface area (Å²) in [7, 11) is -8.98. The number of nitrogens with one attached hydrogen (secondary N) is 1. The van der Waals surface area contributed by atoms with Crippen LogP contribution in [0.4, 0.5) is 56.9 Å². The SMILES string of the molecule is Cc1ccc(N=Nc2c(C)cc3cc(S(=O)(=O)O)c(N=Nc4ccc(S(=O)(=O)Nc5ccc(N=Nc6ccc(N)cc6N)cc5)cc4)c(O)c3c2N)cc1. The molecule has 0 spiro atoms. The average molecular weight is 765 g/mol. The molecular weight excluding hydrogens is 733 g/mol. The highest BCUT2D eigenvalue weighted by Gasteiger charge is 2.25. The molecule has 0 aliphatic rings. The largest absolute Gasteiger partial charge is 0.505 e. The van der Waals surface area contributed by atoms with Crippen LogP contribution in [0.2, 0.25) is 0 Å². The van der Waals surface area contributed by atoms with Crippen LogP contribution >= 0.6 is 0 Å². The monoisotopic (exact) mass is 764 g/mol. The number of nitrogens with two attached hydrogens (primary N) is 3. The van der Waals surface area contributed by atoms with Crippen molar-refractivity contribution in [3.63, 3.8) is 0 Å². The van der Waals surface area contributed by atoms with E-state index in [0.29, 0.717) is 34.0 Å². The van der Waals surface area contributed by atoms with Crippen molar-refractivity contribution in [1.82, 2.24) is 0 Å². The average Bonchev–Trinajstić information content (AvgIpc) is 3.11. The van der Waals surface area contributed by atoms with E-state index in [1.807, 2.05) is 19.1 Å². The van der Waals surface area contributed by atoms with E-state index in [0.717, 1.165) is 11.6 Å². The summed E-state index contributed by atoms with van der Waals surface area (Å²) in [4.78, 5) is -0.846. The van der Waals surface area contributed by atoms with E-state index in [2.05, 4.69) is 35.4 Å². The van der Waals surface area contributed by atoms with Crippen molar-refractivity contribution in [3.05, 3.63) is 114 Å². The number of nitrogens with zero attached hydrogens (tertiary/aromatic N) is 6. The molecular formula is C36H32N10O6S2. The van der Waals surface area contributed by atoms with Gasteiger partial charge in [0.05, 0.1) is 38.7 Å². The van der Waals surface area contributed by atoms with E-state index in [4.69, 9.17) is 17.2 Å². The molecule has 0 atom stereocenters. The van der Waals surface area contributed by atoms with Gasteiger partial charge in [0.1, 0.15) is 22.0 Å². The Kier molecular flexibility index (Phi) is 10.1. The highest BCUT2D eigenvalue weighted by molar-refractivity contribution is 7.92. The van der Waals surface area contributed by atoms with Crippen molar-refractivity contribution >= 4 is 87.8 Å². The Morgan fingerprint density at radius 3 is 1.78 bits per heavy atom. The number of fused-ring (bicyclic) bond motifs is 1. The second-order valence-corrected chi connectivity index (χ2v) is 15.1. The van der Waals surface area contributed by atoms with Crippen LogP contribution in [0.15, 0.2) is 144 Å². The lowest BCUT2D eigenvalue weighted by Crippen LogP contribution is -2.12. The van der Waals surface area contributed by atoms with Gasteiger partial charge in [-0.15, -0.1) is 15.3 Å². The van der Waals surface area contributed by atoms with Crippen molar-refractivity contribution in [2.45, 2.75) is 23.6 Å². The molecule has 0 unspecified atom stereocenters. The number of sulfonamides is 1. The number of aromatic hydroxyl groups is 1. The second kappa shape index (κ2) is 14.7. The maximum Gasteiger partial charge on any atom is 0.296 e. The van der Waals surface area contributed by atoms with Crippen molar-refractivity contribution in [2.75, 3.05) is 21.9 Å². The van der Waals surface area contributed by atoms with E-state index in [9.17, 15) is 26.5 Å². The van der Waals surface area contributed by atoms with E-state index >= 15 is 0 Å². The number of benzene rings is 6.